The SMILES string of the molecule is O=C(NC1CCNCC1O)c1sc2nccc3c2c1NC(=O)N3c1ccc(Oc2ccccc2)cc1. The molecule has 1 fully saturated rings. The van der Waals surface area contributed by atoms with Gasteiger partial charge >= 0.3 is 6.03 Å². The number of para-hydroxylation sites is 1. The minimum Gasteiger partial charge on any atom is -0.457 e. The number of rotatable bonds is 5. The highest BCUT2D eigenvalue weighted by Gasteiger charge is 2.34. The number of aliphatic hydroxyl groups is 1. The van der Waals surface area contributed by atoms with Crippen LogP contribution in [0.25, 0.3) is 10.2 Å². The first-order chi connectivity index (χ1) is 17.6. The van der Waals surface area contributed by atoms with Crippen molar-refractivity contribution in [1.29, 1.82) is 0 Å². The van der Waals surface area contributed by atoms with Crippen LogP contribution >= 0.6 is 11.3 Å². The van der Waals surface area contributed by atoms with Crippen LogP contribution in [-0.4, -0.2) is 47.3 Å². The van der Waals surface area contributed by atoms with Crippen LogP contribution in [0.3, 0.4) is 0 Å². The molecule has 6 rings (SSSR count). The number of urea groups is 1. The molecule has 0 aliphatic carbocycles. The first kappa shape index (κ1) is 22.5. The fourth-order valence-electron chi connectivity index (χ4n) is 4.53. The predicted molar refractivity (Wildman–Crippen MR) is 138 cm³/mol. The maximum atomic E-state index is 13.3. The van der Waals surface area contributed by atoms with Gasteiger partial charge in [-0.3, -0.25) is 9.69 Å². The summed E-state index contributed by atoms with van der Waals surface area (Å²) in [6.45, 7) is 1.14. The van der Waals surface area contributed by atoms with Crippen LogP contribution in [0.4, 0.5) is 21.9 Å². The van der Waals surface area contributed by atoms with Crippen molar-refractivity contribution >= 4 is 50.6 Å². The van der Waals surface area contributed by atoms with E-state index < -0.39 is 6.10 Å². The second kappa shape index (κ2) is 9.23. The van der Waals surface area contributed by atoms with Gasteiger partial charge in [-0.05, 0) is 55.4 Å². The van der Waals surface area contributed by atoms with Crippen LogP contribution in [-0.2, 0) is 0 Å². The minimum atomic E-state index is -0.666. The largest absolute Gasteiger partial charge is 0.457 e. The number of piperidine rings is 1. The summed E-state index contributed by atoms with van der Waals surface area (Å²) in [5.74, 6) is 1.04. The number of aromatic nitrogens is 1. The van der Waals surface area contributed by atoms with E-state index in [1.165, 1.54) is 11.3 Å². The molecule has 9 nitrogen and oxygen atoms in total. The van der Waals surface area contributed by atoms with Crippen molar-refractivity contribution in [2.45, 2.75) is 18.6 Å². The van der Waals surface area contributed by atoms with Gasteiger partial charge in [-0.15, -0.1) is 11.3 Å². The highest BCUT2D eigenvalue weighted by Crippen LogP contribution is 2.45. The molecule has 0 saturated carbocycles. The second-order valence-electron chi connectivity index (χ2n) is 8.63. The molecule has 0 spiro atoms. The number of hydrogen-bond acceptors (Lipinski definition) is 7. The van der Waals surface area contributed by atoms with Gasteiger partial charge in [0, 0.05) is 12.7 Å². The number of carbonyl (C=O) groups excluding carboxylic acids is 2. The van der Waals surface area contributed by atoms with E-state index in [1.54, 1.807) is 29.3 Å². The van der Waals surface area contributed by atoms with Crippen molar-refractivity contribution in [1.82, 2.24) is 15.6 Å². The van der Waals surface area contributed by atoms with E-state index in [0.29, 0.717) is 57.4 Å². The molecule has 2 aromatic carbocycles. The normalized spacial score (nSPS) is 19.1. The Kier molecular flexibility index (Phi) is 5.76. The molecular weight excluding hydrogens is 478 g/mol. The van der Waals surface area contributed by atoms with Gasteiger partial charge in [-0.1, -0.05) is 18.2 Å². The summed E-state index contributed by atoms with van der Waals surface area (Å²) in [7, 11) is 0. The van der Waals surface area contributed by atoms with E-state index in [2.05, 4.69) is 20.9 Å². The van der Waals surface area contributed by atoms with Crippen molar-refractivity contribution in [3.63, 3.8) is 0 Å². The number of pyridine rings is 1. The molecular formula is C26H23N5O4S. The Bertz CT molecular complexity index is 1440. The number of ether oxygens (including phenoxy) is 1. The summed E-state index contributed by atoms with van der Waals surface area (Å²) in [5, 5.41) is 19.8. The van der Waals surface area contributed by atoms with Crippen molar-refractivity contribution in [3.05, 3.63) is 71.7 Å². The number of hydrogen-bond donors (Lipinski definition) is 4. The maximum Gasteiger partial charge on any atom is 0.331 e. The third-order valence-electron chi connectivity index (χ3n) is 6.29. The quantitative estimate of drug-likeness (QED) is 0.325. The number of carbonyl (C=O) groups is 2. The summed E-state index contributed by atoms with van der Waals surface area (Å²) in [4.78, 5) is 33.5. The summed E-state index contributed by atoms with van der Waals surface area (Å²) >= 11 is 1.22. The Labute approximate surface area is 210 Å². The monoisotopic (exact) mass is 501 g/mol. The molecule has 4 heterocycles. The lowest BCUT2D eigenvalue weighted by atomic mass is 10.0. The lowest BCUT2D eigenvalue weighted by molar-refractivity contribution is 0.0769. The summed E-state index contributed by atoms with van der Waals surface area (Å²) < 4.78 is 5.87. The van der Waals surface area contributed by atoms with Gasteiger partial charge in [-0.2, -0.15) is 0 Å². The van der Waals surface area contributed by atoms with E-state index >= 15 is 0 Å². The number of thiophene rings is 1. The topological polar surface area (TPSA) is 116 Å². The number of benzene rings is 2. The van der Waals surface area contributed by atoms with E-state index in [-0.39, 0.29) is 18.0 Å². The first-order valence-corrected chi connectivity index (χ1v) is 12.5. The average Bonchev–Trinajstić information content (AvgIpc) is 3.26. The Morgan fingerprint density at radius 1 is 1.11 bits per heavy atom. The van der Waals surface area contributed by atoms with Crippen molar-refractivity contribution in [3.8, 4) is 11.5 Å². The Balaban J connectivity index is 1.31. The highest BCUT2D eigenvalue weighted by atomic mass is 32.1. The summed E-state index contributed by atoms with van der Waals surface area (Å²) in [6, 6.07) is 17.7. The van der Waals surface area contributed by atoms with E-state index in [4.69, 9.17) is 4.74 Å². The van der Waals surface area contributed by atoms with E-state index in [1.807, 2.05) is 42.5 Å². The molecule has 182 valence electrons. The van der Waals surface area contributed by atoms with Crippen LogP contribution in [0.1, 0.15) is 16.1 Å². The van der Waals surface area contributed by atoms with Gasteiger partial charge in [0.1, 0.15) is 21.2 Å². The van der Waals surface area contributed by atoms with Crippen LogP contribution in [0.5, 0.6) is 11.5 Å². The molecule has 2 atom stereocenters. The number of nitrogens with zero attached hydrogens (tertiary/aromatic N) is 2. The number of β-amino-alcohol motifs (C(OH)–C–C–N with tert-alkyl or cyclic N) is 1. The Hall–Kier alpha value is -3.99. The number of anilines is 3. The minimum absolute atomic E-state index is 0.332. The molecule has 1 saturated heterocycles. The van der Waals surface area contributed by atoms with Gasteiger partial charge in [0.05, 0.1) is 34.6 Å². The molecule has 2 aliphatic heterocycles. The molecule has 36 heavy (non-hydrogen) atoms. The standard InChI is InChI=1S/C26H23N5O4S/c32-20-14-27-12-10-18(20)29-24(33)23-22-21-19(11-13-28-25(21)36-23)31(26(34)30-22)15-6-8-17(9-7-15)35-16-4-2-1-3-5-16/h1-9,11,13,18,20,27,32H,10,12,14H2,(H,29,33)(H,30,34). The maximum absolute atomic E-state index is 13.3. The van der Waals surface area contributed by atoms with Crippen molar-refractivity contribution in [2.24, 2.45) is 0 Å². The van der Waals surface area contributed by atoms with E-state index in [0.717, 1.165) is 5.75 Å². The molecule has 4 aromatic rings. The van der Waals surface area contributed by atoms with E-state index in [9.17, 15) is 14.7 Å². The van der Waals surface area contributed by atoms with Gasteiger partial charge in [0.25, 0.3) is 5.91 Å². The fourth-order valence-corrected chi connectivity index (χ4v) is 5.56. The van der Waals surface area contributed by atoms with Crippen LogP contribution in [0.2, 0.25) is 0 Å². The first-order valence-electron chi connectivity index (χ1n) is 11.6. The summed E-state index contributed by atoms with van der Waals surface area (Å²) in [6.07, 6.45) is 1.59. The van der Waals surface area contributed by atoms with Gasteiger partial charge in [0.15, 0.2) is 0 Å². The average molecular weight is 502 g/mol. The van der Waals surface area contributed by atoms with Gasteiger partial charge < -0.3 is 25.8 Å². The molecule has 10 heteroatoms. The van der Waals surface area contributed by atoms with Gasteiger partial charge in [0.2, 0.25) is 0 Å². The van der Waals surface area contributed by atoms with Gasteiger partial charge in [-0.25, -0.2) is 9.78 Å². The molecule has 0 radical (unpaired) electrons. The fraction of sp³-hybridized carbons (Fsp3) is 0.192. The number of aliphatic hydroxyl groups excluding tert-OH is 1. The van der Waals surface area contributed by atoms with Crippen molar-refractivity contribution in [2.75, 3.05) is 23.3 Å². The summed E-state index contributed by atoms with van der Waals surface area (Å²) in [5.41, 5.74) is 1.75. The third-order valence-corrected chi connectivity index (χ3v) is 7.39. The van der Waals surface area contributed by atoms with Crippen molar-refractivity contribution < 1.29 is 19.4 Å². The lowest BCUT2D eigenvalue weighted by Gasteiger charge is -2.30. The molecule has 2 unspecified atom stereocenters. The molecule has 3 amide bonds. The Morgan fingerprint density at radius 2 is 1.89 bits per heavy atom. The van der Waals surface area contributed by atoms with Crippen LogP contribution in [0, 0.1) is 0 Å². The zero-order valence-corrected chi connectivity index (χ0v) is 19.9. The Morgan fingerprint density at radius 3 is 2.67 bits per heavy atom. The zero-order valence-electron chi connectivity index (χ0n) is 19.1. The smallest absolute Gasteiger partial charge is 0.331 e. The molecule has 2 aromatic heterocycles. The molecule has 4 N–H and O–H groups in total. The molecule has 0 bridgehead atoms. The second-order valence-corrected chi connectivity index (χ2v) is 9.63. The highest BCUT2D eigenvalue weighted by molar-refractivity contribution is 7.21. The van der Waals surface area contributed by atoms with Crippen LogP contribution in [0.15, 0.2) is 66.9 Å². The molecule has 2 aliphatic rings. The van der Waals surface area contributed by atoms with Crippen LogP contribution < -0.4 is 25.6 Å². The number of nitrogens with one attached hydrogen (secondary N) is 3. The number of amides is 3. The zero-order chi connectivity index (χ0) is 24.6. The predicted octanol–water partition coefficient (Wildman–Crippen LogP) is 4.22. The third kappa shape index (κ3) is 4.05. The lowest BCUT2D eigenvalue weighted by Crippen LogP contribution is -2.52.